The third-order valence-electron chi connectivity index (χ3n) is 3.77. The van der Waals surface area contributed by atoms with Crippen LogP contribution < -0.4 is 5.73 Å². The van der Waals surface area contributed by atoms with Gasteiger partial charge in [0, 0.05) is 18.6 Å². The molecule has 0 aromatic carbocycles. The summed E-state index contributed by atoms with van der Waals surface area (Å²) in [5.41, 5.74) is 5.84. The van der Waals surface area contributed by atoms with E-state index in [0.29, 0.717) is 6.54 Å². The van der Waals surface area contributed by atoms with E-state index in [4.69, 9.17) is 5.73 Å². The number of esters is 1. The van der Waals surface area contributed by atoms with Crippen LogP contribution in [-0.4, -0.2) is 49.7 Å². The van der Waals surface area contributed by atoms with Crippen molar-refractivity contribution in [2.24, 2.45) is 5.73 Å². The van der Waals surface area contributed by atoms with Gasteiger partial charge in [0.2, 0.25) is 10.0 Å². The SMILES string of the molecule is CCN(C1CCC(N)CC1)S(=O)(=O)C(C)C(=O)OC. The molecular weight excluding hydrogens is 268 g/mol. The fourth-order valence-electron chi connectivity index (χ4n) is 2.53. The van der Waals surface area contributed by atoms with Gasteiger partial charge in [-0.2, -0.15) is 4.31 Å². The molecule has 1 unspecified atom stereocenters. The maximum atomic E-state index is 12.4. The van der Waals surface area contributed by atoms with Gasteiger partial charge >= 0.3 is 5.97 Å². The van der Waals surface area contributed by atoms with Crippen LogP contribution in [0.25, 0.3) is 0 Å². The molecule has 6 nitrogen and oxygen atoms in total. The van der Waals surface area contributed by atoms with Gasteiger partial charge in [-0.15, -0.1) is 0 Å². The number of carbonyl (C=O) groups is 1. The third kappa shape index (κ3) is 3.67. The van der Waals surface area contributed by atoms with Gasteiger partial charge in [-0.3, -0.25) is 4.79 Å². The second kappa shape index (κ2) is 6.67. The van der Waals surface area contributed by atoms with Crippen LogP contribution in [0, 0.1) is 0 Å². The van der Waals surface area contributed by atoms with Crippen LogP contribution in [0.2, 0.25) is 0 Å². The lowest BCUT2D eigenvalue weighted by atomic mass is 9.92. The van der Waals surface area contributed by atoms with Crippen molar-refractivity contribution in [2.45, 2.75) is 56.9 Å². The van der Waals surface area contributed by atoms with E-state index in [1.807, 2.05) is 0 Å². The predicted molar refractivity (Wildman–Crippen MR) is 73.0 cm³/mol. The number of methoxy groups -OCH3 is 1. The van der Waals surface area contributed by atoms with Crippen molar-refractivity contribution in [1.29, 1.82) is 0 Å². The Hall–Kier alpha value is -0.660. The summed E-state index contributed by atoms with van der Waals surface area (Å²) in [6, 6.07) is 0.109. The van der Waals surface area contributed by atoms with Gasteiger partial charge in [0.1, 0.15) is 0 Å². The van der Waals surface area contributed by atoms with E-state index >= 15 is 0 Å². The molecule has 1 aliphatic rings. The van der Waals surface area contributed by atoms with Gasteiger partial charge in [-0.05, 0) is 32.6 Å². The Kier molecular flexibility index (Phi) is 5.76. The fraction of sp³-hybridized carbons (Fsp3) is 0.917. The van der Waals surface area contributed by atoms with Crippen LogP contribution in [0.4, 0.5) is 0 Å². The summed E-state index contributed by atoms with van der Waals surface area (Å²) in [4.78, 5) is 11.5. The molecule has 112 valence electrons. The number of hydrogen-bond acceptors (Lipinski definition) is 5. The van der Waals surface area contributed by atoms with E-state index in [9.17, 15) is 13.2 Å². The van der Waals surface area contributed by atoms with Gasteiger partial charge in [0.15, 0.2) is 5.25 Å². The number of rotatable bonds is 5. The number of nitrogens with zero attached hydrogens (tertiary/aromatic N) is 1. The lowest BCUT2D eigenvalue weighted by Crippen LogP contribution is -2.48. The molecule has 19 heavy (non-hydrogen) atoms. The summed E-state index contributed by atoms with van der Waals surface area (Å²) in [6.07, 6.45) is 3.15. The minimum absolute atomic E-state index is 0.0538. The highest BCUT2D eigenvalue weighted by atomic mass is 32.2. The maximum absolute atomic E-state index is 12.4. The quantitative estimate of drug-likeness (QED) is 0.744. The number of carbonyl (C=O) groups excluding carboxylic acids is 1. The Morgan fingerprint density at radius 1 is 1.37 bits per heavy atom. The first-order valence-corrected chi connectivity index (χ1v) is 8.19. The summed E-state index contributed by atoms with van der Waals surface area (Å²) in [6.45, 7) is 3.53. The van der Waals surface area contributed by atoms with E-state index in [-0.39, 0.29) is 12.1 Å². The van der Waals surface area contributed by atoms with E-state index in [1.165, 1.54) is 18.3 Å². The minimum atomic E-state index is -3.66. The van der Waals surface area contributed by atoms with Crippen molar-refractivity contribution in [3.63, 3.8) is 0 Å². The molecule has 1 saturated carbocycles. The van der Waals surface area contributed by atoms with Gasteiger partial charge in [0.05, 0.1) is 7.11 Å². The normalized spacial score (nSPS) is 26.2. The van der Waals surface area contributed by atoms with Gasteiger partial charge in [0.25, 0.3) is 0 Å². The second-order valence-electron chi connectivity index (χ2n) is 4.98. The van der Waals surface area contributed by atoms with E-state index < -0.39 is 21.2 Å². The molecule has 1 aliphatic carbocycles. The second-order valence-corrected chi connectivity index (χ2v) is 7.19. The topological polar surface area (TPSA) is 89.7 Å². The Morgan fingerprint density at radius 2 is 1.89 bits per heavy atom. The molecule has 0 radical (unpaired) electrons. The minimum Gasteiger partial charge on any atom is -0.468 e. The number of nitrogens with two attached hydrogens (primary N) is 1. The summed E-state index contributed by atoms with van der Waals surface area (Å²) >= 11 is 0. The number of hydrogen-bond donors (Lipinski definition) is 1. The first-order chi connectivity index (χ1) is 8.84. The third-order valence-corrected chi connectivity index (χ3v) is 6.06. The molecule has 1 atom stereocenters. The molecule has 0 bridgehead atoms. The Bertz CT molecular complexity index is 402. The van der Waals surface area contributed by atoms with Crippen molar-refractivity contribution in [3.05, 3.63) is 0 Å². The smallest absolute Gasteiger partial charge is 0.325 e. The largest absolute Gasteiger partial charge is 0.468 e. The van der Waals surface area contributed by atoms with Crippen LogP contribution in [0.1, 0.15) is 39.5 Å². The van der Waals surface area contributed by atoms with Crippen LogP contribution in [0.3, 0.4) is 0 Å². The van der Waals surface area contributed by atoms with Crippen LogP contribution in [0.15, 0.2) is 0 Å². The lowest BCUT2D eigenvalue weighted by Gasteiger charge is -2.35. The summed E-state index contributed by atoms with van der Waals surface area (Å²) < 4.78 is 30.8. The Balaban J connectivity index is 2.86. The van der Waals surface area contributed by atoms with Crippen LogP contribution in [0.5, 0.6) is 0 Å². The lowest BCUT2D eigenvalue weighted by molar-refractivity contribution is -0.139. The molecule has 0 spiro atoms. The fourth-order valence-corrected chi connectivity index (χ4v) is 4.26. The average molecular weight is 292 g/mol. The highest BCUT2D eigenvalue weighted by Gasteiger charge is 2.38. The molecule has 7 heteroatoms. The summed E-state index contributed by atoms with van der Waals surface area (Å²) in [7, 11) is -2.46. The van der Waals surface area contributed by atoms with Crippen LogP contribution >= 0.6 is 0 Å². The van der Waals surface area contributed by atoms with E-state index in [1.54, 1.807) is 6.92 Å². The van der Waals surface area contributed by atoms with E-state index in [2.05, 4.69) is 4.74 Å². The molecule has 0 saturated heterocycles. The highest BCUT2D eigenvalue weighted by molar-refractivity contribution is 7.90. The van der Waals surface area contributed by atoms with Crippen molar-refractivity contribution in [2.75, 3.05) is 13.7 Å². The van der Waals surface area contributed by atoms with E-state index in [0.717, 1.165) is 25.7 Å². The number of sulfonamides is 1. The maximum Gasteiger partial charge on any atom is 0.325 e. The summed E-state index contributed by atoms with van der Waals surface area (Å²) in [5, 5.41) is -1.16. The van der Waals surface area contributed by atoms with Gasteiger partial charge < -0.3 is 10.5 Å². The molecule has 0 aromatic rings. The zero-order valence-corrected chi connectivity index (χ0v) is 12.6. The summed E-state index contributed by atoms with van der Waals surface area (Å²) in [5.74, 6) is -0.717. The van der Waals surface area contributed by atoms with Crippen molar-refractivity contribution in [3.8, 4) is 0 Å². The first-order valence-electron chi connectivity index (χ1n) is 6.68. The highest BCUT2D eigenvalue weighted by Crippen LogP contribution is 2.25. The van der Waals surface area contributed by atoms with Gasteiger partial charge in [-0.25, -0.2) is 8.42 Å². The van der Waals surface area contributed by atoms with Crippen molar-refractivity contribution < 1.29 is 17.9 Å². The Labute approximate surface area is 115 Å². The molecule has 1 fully saturated rings. The van der Waals surface area contributed by atoms with Crippen LogP contribution in [-0.2, 0) is 19.6 Å². The number of ether oxygens (including phenoxy) is 1. The van der Waals surface area contributed by atoms with Crippen molar-refractivity contribution >= 4 is 16.0 Å². The molecule has 2 N–H and O–H groups in total. The first kappa shape index (κ1) is 16.4. The Morgan fingerprint density at radius 3 is 2.32 bits per heavy atom. The van der Waals surface area contributed by atoms with Crippen molar-refractivity contribution in [1.82, 2.24) is 4.31 Å². The molecule has 0 amide bonds. The molecule has 0 heterocycles. The molecular formula is C12H24N2O4S. The van der Waals surface area contributed by atoms with Gasteiger partial charge in [-0.1, -0.05) is 6.92 Å². The standard InChI is InChI=1S/C12H24N2O4S/c1-4-14(11-7-5-10(13)6-8-11)19(16,17)9(2)12(15)18-3/h9-11H,4-8,13H2,1-3H3. The zero-order chi connectivity index (χ0) is 14.6. The molecule has 0 aliphatic heterocycles. The predicted octanol–water partition coefficient (Wildman–Crippen LogP) is 0.470. The molecule has 0 aromatic heterocycles. The average Bonchev–Trinajstić information content (AvgIpc) is 2.39. The zero-order valence-electron chi connectivity index (χ0n) is 11.8. The monoisotopic (exact) mass is 292 g/mol. The molecule has 1 rings (SSSR count).